The molecule has 0 aliphatic heterocycles. The number of hydrogen-bond donors (Lipinski definition) is 2. The smallest absolute Gasteiger partial charge is 0.325 e. The molecule has 3 aliphatic carbocycles. The molecule has 3 aliphatic rings. The maximum absolute atomic E-state index is 10.9. The van der Waals surface area contributed by atoms with E-state index in [1.807, 2.05) is 0 Å². The van der Waals surface area contributed by atoms with Gasteiger partial charge in [0.1, 0.15) is 6.29 Å². The molecule has 1 unspecified atom stereocenters. The predicted octanol–water partition coefficient (Wildman–Crippen LogP) is 1.83. The molecule has 1 atom stereocenters. The molecule has 2 fully saturated rings. The second-order valence-corrected chi connectivity index (χ2v) is 6.58. The second-order valence-electron chi connectivity index (χ2n) is 6.58. The number of aldehydes is 1. The van der Waals surface area contributed by atoms with E-state index in [0.29, 0.717) is 36.0 Å². The van der Waals surface area contributed by atoms with Crippen LogP contribution in [0.25, 0.3) is 0 Å². The van der Waals surface area contributed by atoms with E-state index in [2.05, 4.69) is 25.6 Å². The normalized spacial score (nSPS) is 25.2. The Labute approximate surface area is 145 Å². The monoisotopic (exact) mass is 343 g/mol. The summed E-state index contributed by atoms with van der Waals surface area (Å²) >= 11 is 0. The van der Waals surface area contributed by atoms with Crippen LogP contribution in [0.2, 0.25) is 0 Å². The maximum atomic E-state index is 10.9. The van der Waals surface area contributed by atoms with E-state index >= 15 is 0 Å². The van der Waals surface area contributed by atoms with Gasteiger partial charge in [0.05, 0.1) is 0 Å². The number of anilines is 2. The standard InChI is InChI=1S/C17H21N5O3/c1-24-17(8-6-11(10-23)7-9-17)25-16-21-14(18-12-2-3-12)20-15(22-16)19-13-4-5-13/h6-8,10,12-13H,2-5,9H2,1H3,(H2,18,19,20,21,22). The lowest BCUT2D eigenvalue weighted by Gasteiger charge is -2.29. The first kappa shape index (κ1) is 16.0. The summed E-state index contributed by atoms with van der Waals surface area (Å²) in [6.45, 7) is 0. The van der Waals surface area contributed by atoms with Crippen LogP contribution in [0.15, 0.2) is 23.8 Å². The van der Waals surface area contributed by atoms with Gasteiger partial charge in [0, 0.05) is 31.2 Å². The fraction of sp³-hybridized carbons (Fsp3) is 0.529. The third kappa shape index (κ3) is 3.96. The highest BCUT2D eigenvalue weighted by atomic mass is 16.7. The highest BCUT2D eigenvalue weighted by Crippen LogP contribution is 2.30. The zero-order chi connectivity index (χ0) is 17.3. The summed E-state index contributed by atoms with van der Waals surface area (Å²) in [5, 5.41) is 6.55. The highest BCUT2D eigenvalue weighted by molar-refractivity contribution is 5.78. The van der Waals surface area contributed by atoms with Crippen molar-refractivity contribution in [2.75, 3.05) is 17.7 Å². The lowest BCUT2D eigenvalue weighted by molar-refractivity contribution is -0.127. The van der Waals surface area contributed by atoms with Gasteiger partial charge in [0.15, 0.2) is 0 Å². The van der Waals surface area contributed by atoms with Crippen molar-refractivity contribution >= 4 is 18.2 Å². The van der Waals surface area contributed by atoms with E-state index < -0.39 is 5.79 Å². The number of hydrogen-bond acceptors (Lipinski definition) is 8. The Kier molecular flexibility index (Phi) is 4.12. The molecule has 0 radical (unpaired) electrons. The van der Waals surface area contributed by atoms with Crippen molar-refractivity contribution in [3.8, 4) is 6.01 Å². The topological polar surface area (TPSA) is 98.3 Å². The summed E-state index contributed by atoms with van der Waals surface area (Å²) < 4.78 is 11.5. The number of nitrogens with one attached hydrogen (secondary N) is 2. The van der Waals surface area contributed by atoms with E-state index in [9.17, 15) is 4.79 Å². The highest BCUT2D eigenvalue weighted by Gasteiger charge is 2.33. The van der Waals surface area contributed by atoms with Crippen molar-refractivity contribution in [3.05, 3.63) is 23.8 Å². The SMILES string of the molecule is COC1(Oc2nc(NC3CC3)nc(NC3CC3)n2)C=CC(C=O)=CC1. The van der Waals surface area contributed by atoms with Gasteiger partial charge in [-0.05, 0) is 37.8 Å². The number of allylic oxidation sites excluding steroid dienone is 2. The molecule has 25 heavy (non-hydrogen) atoms. The fourth-order valence-electron chi connectivity index (χ4n) is 2.48. The molecule has 0 spiro atoms. The Hall–Kier alpha value is -2.48. The Morgan fingerprint density at radius 3 is 2.20 bits per heavy atom. The molecule has 0 amide bonds. The zero-order valence-corrected chi connectivity index (χ0v) is 14.1. The number of rotatable bonds is 8. The molecular formula is C17H21N5O3. The fourth-order valence-corrected chi connectivity index (χ4v) is 2.48. The first-order valence-electron chi connectivity index (χ1n) is 8.56. The van der Waals surface area contributed by atoms with Crippen LogP contribution in [-0.4, -0.2) is 46.2 Å². The summed E-state index contributed by atoms with van der Waals surface area (Å²) in [7, 11) is 1.55. The van der Waals surface area contributed by atoms with Crippen molar-refractivity contribution in [2.24, 2.45) is 0 Å². The molecule has 0 bridgehead atoms. The molecule has 1 heterocycles. The number of carbonyl (C=O) groups is 1. The molecule has 0 saturated heterocycles. The number of ether oxygens (including phenoxy) is 2. The minimum Gasteiger partial charge on any atom is -0.426 e. The lowest BCUT2D eigenvalue weighted by Crippen LogP contribution is -2.37. The van der Waals surface area contributed by atoms with Crippen LogP contribution in [0.4, 0.5) is 11.9 Å². The molecule has 8 nitrogen and oxygen atoms in total. The first-order valence-corrected chi connectivity index (χ1v) is 8.56. The van der Waals surface area contributed by atoms with E-state index in [4.69, 9.17) is 9.47 Å². The number of nitrogens with zero attached hydrogens (tertiary/aromatic N) is 3. The summed E-state index contributed by atoms with van der Waals surface area (Å²) in [5.41, 5.74) is 0.596. The van der Waals surface area contributed by atoms with Crippen LogP contribution in [-0.2, 0) is 9.53 Å². The van der Waals surface area contributed by atoms with E-state index in [0.717, 1.165) is 32.0 Å². The van der Waals surface area contributed by atoms with E-state index in [1.54, 1.807) is 25.3 Å². The lowest BCUT2D eigenvalue weighted by atomic mass is 10.0. The number of carbonyl (C=O) groups excluding carboxylic acids is 1. The quantitative estimate of drug-likeness (QED) is 0.545. The van der Waals surface area contributed by atoms with Crippen LogP contribution >= 0.6 is 0 Å². The van der Waals surface area contributed by atoms with E-state index in [-0.39, 0.29) is 6.01 Å². The van der Waals surface area contributed by atoms with Gasteiger partial charge < -0.3 is 20.1 Å². The van der Waals surface area contributed by atoms with Crippen LogP contribution in [0.3, 0.4) is 0 Å². The van der Waals surface area contributed by atoms with Gasteiger partial charge in [0.25, 0.3) is 0 Å². The third-order valence-electron chi connectivity index (χ3n) is 4.33. The molecule has 1 aromatic rings. The largest absolute Gasteiger partial charge is 0.426 e. The van der Waals surface area contributed by atoms with Gasteiger partial charge in [-0.3, -0.25) is 4.79 Å². The van der Waals surface area contributed by atoms with Crippen LogP contribution < -0.4 is 15.4 Å². The Bertz CT molecular complexity index is 695. The van der Waals surface area contributed by atoms with Crippen LogP contribution in [0, 0.1) is 0 Å². The van der Waals surface area contributed by atoms with Gasteiger partial charge in [-0.25, -0.2) is 0 Å². The van der Waals surface area contributed by atoms with Gasteiger partial charge in [0.2, 0.25) is 17.7 Å². The summed E-state index contributed by atoms with van der Waals surface area (Å²) in [4.78, 5) is 24.0. The average molecular weight is 343 g/mol. The maximum Gasteiger partial charge on any atom is 0.325 e. The second kappa shape index (κ2) is 6.44. The molecule has 0 aromatic carbocycles. The minimum absolute atomic E-state index is 0.191. The Morgan fingerprint density at radius 2 is 1.76 bits per heavy atom. The summed E-state index contributed by atoms with van der Waals surface area (Å²) in [6.07, 6.45) is 10.8. The van der Waals surface area contributed by atoms with Gasteiger partial charge in [-0.1, -0.05) is 6.08 Å². The van der Waals surface area contributed by atoms with Gasteiger partial charge in [-0.2, -0.15) is 15.0 Å². The van der Waals surface area contributed by atoms with E-state index in [1.165, 1.54) is 0 Å². The zero-order valence-electron chi connectivity index (χ0n) is 14.1. The third-order valence-corrected chi connectivity index (χ3v) is 4.33. The number of methoxy groups -OCH3 is 1. The first-order chi connectivity index (χ1) is 12.2. The summed E-state index contributed by atoms with van der Waals surface area (Å²) in [6, 6.07) is 1.04. The van der Waals surface area contributed by atoms with Crippen molar-refractivity contribution in [2.45, 2.75) is 50.0 Å². The van der Waals surface area contributed by atoms with Crippen molar-refractivity contribution in [1.29, 1.82) is 0 Å². The minimum atomic E-state index is -1.03. The predicted molar refractivity (Wildman–Crippen MR) is 91.4 cm³/mol. The van der Waals surface area contributed by atoms with Gasteiger partial charge >= 0.3 is 6.01 Å². The molecule has 1 aromatic heterocycles. The van der Waals surface area contributed by atoms with Crippen LogP contribution in [0.5, 0.6) is 6.01 Å². The van der Waals surface area contributed by atoms with Crippen molar-refractivity contribution in [1.82, 2.24) is 15.0 Å². The summed E-state index contributed by atoms with van der Waals surface area (Å²) in [5.74, 6) is -0.0155. The molecular weight excluding hydrogens is 322 g/mol. The molecule has 4 rings (SSSR count). The average Bonchev–Trinajstić information content (AvgIpc) is 3.53. The number of aromatic nitrogens is 3. The Morgan fingerprint density at radius 1 is 1.12 bits per heavy atom. The van der Waals surface area contributed by atoms with Gasteiger partial charge in [-0.15, -0.1) is 0 Å². The Balaban J connectivity index is 1.56. The molecule has 2 N–H and O–H groups in total. The van der Waals surface area contributed by atoms with Crippen LogP contribution in [0.1, 0.15) is 32.1 Å². The van der Waals surface area contributed by atoms with Crippen molar-refractivity contribution in [3.63, 3.8) is 0 Å². The van der Waals surface area contributed by atoms with Crippen molar-refractivity contribution < 1.29 is 14.3 Å². The molecule has 2 saturated carbocycles. The molecule has 8 heteroatoms. The molecule has 132 valence electrons.